The van der Waals surface area contributed by atoms with Crippen molar-refractivity contribution in [3.05, 3.63) is 41.9 Å². The highest BCUT2D eigenvalue weighted by molar-refractivity contribution is 5.90. The number of rotatable bonds is 4. The zero-order valence-electron chi connectivity index (χ0n) is 14.0. The summed E-state index contributed by atoms with van der Waals surface area (Å²) in [6, 6.07) is 10.1. The Hall–Kier alpha value is -2.47. The first kappa shape index (κ1) is 15.1. The van der Waals surface area contributed by atoms with E-state index in [0.717, 1.165) is 60.1 Å². The van der Waals surface area contributed by atoms with Gasteiger partial charge in [-0.25, -0.2) is 14.6 Å². The molecule has 1 aromatic carbocycles. The Bertz CT molecular complexity index is 853. The lowest BCUT2D eigenvalue weighted by Crippen LogP contribution is -2.19. The Balaban J connectivity index is 1.76. The maximum absolute atomic E-state index is 5.70. The van der Waals surface area contributed by atoms with Crippen LogP contribution in [0.25, 0.3) is 16.7 Å². The van der Waals surface area contributed by atoms with Gasteiger partial charge in [0.15, 0.2) is 5.65 Å². The van der Waals surface area contributed by atoms with E-state index in [-0.39, 0.29) is 6.10 Å². The van der Waals surface area contributed by atoms with Gasteiger partial charge in [0.1, 0.15) is 11.6 Å². The molecule has 1 aliphatic rings. The minimum absolute atomic E-state index is 0.264. The molecule has 1 aliphatic heterocycles. The normalized spacial score (nSPS) is 17.5. The average molecular weight is 323 g/mol. The maximum atomic E-state index is 5.70. The maximum Gasteiger partial charge on any atom is 0.168 e. The summed E-state index contributed by atoms with van der Waals surface area (Å²) in [6.45, 7) is 5.53. The molecule has 0 bridgehead atoms. The molecule has 0 amide bonds. The second kappa shape index (κ2) is 6.20. The number of aromatic nitrogens is 4. The summed E-state index contributed by atoms with van der Waals surface area (Å²) in [4.78, 5) is 9.23. The molecule has 4 rings (SSSR count). The molecular weight excluding hydrogens is 302 g/mol. The molecule has 24 heavy (non-hydrogen) atoms. The summed E-state index contributed by atoms with van der Waals surface area (Å²) in [6.07, 6.45) is 2.50. The zero-order chi connectivity index (χ0) is 16.5. The lowest BCUT2D eigenvalue weighted by molar-refractivity contribution is 0.120. The molecule has 0 radical (unpaired) electrons. The summed E-state index contributed by atoms with van der Waals surface area (Å²) < 4.78 is 7.58. The van der Waals surface area contributed by atoms with E-state index in [9.17, 15) is 0 Å². The molecular formula is C18H21N5O. The van der Waals surface area contributed by atoms with E-state index in [1.165, 1.54) is 0 Å². The Morgan fingerprint density at radius 1 is 1.21 bits per heavy atom. The molecule has 6 nitrogen and oxygen atoms in total. The first-order valence-corrected chi connectivity index (χ1v) is 8.37. The van der Waals surface area contributed by atoms with E-state index in [2.05, 4.69) is 20.4 Å². The topological polar surface area (TPSA) is 64.9 Å². The third kappa shape index (κ3) is 2.73. The van der Waals surface area contributed by atoms with Gasteiger partial charge in [0.25, 0.3) is 0 Å². The summed E-state index contributed by atoms with van der Waals surface area (Å²) >= 11 is 0. The standard InChI is InChI=1S/C18H21N5O/c1-12-16-17(19-11-15-9-6-10-24-15)20-13(2)21-18(16)23(22-12)14-7-4-3-5-8-14/h3-5,7-8,15H,6,9-11H2,1-2H3,(H,19,20,21). The molecule has 1 saturated heterocycles. The number of benzene rings is 1. The molecule has 1 unspecified atom stereocenters. The van der Waals surface area contributed by atoms with Crippen molar-refractivity contribution in [2.24, 2.45) is 0 Å². The van der Waals surface area contributed by atoms with Crippen LogP contribution in [0, 0.1) is 13.8 Å². The largest absolute Gasteiger partial charge is 0.376 e. The zero-order valence-corrected chi connectivity index (χ0v) is 14.0. The van der Waals surface area contributed by atoms with Crippen LogP contribution in [-0.2, 0) is 4.74 Å². The molecule has 0 spiro atoms. The van der Waals surface area contributed by atoms with Gasteiger partial charge in [0.05, 0.1) is 22.9 Å². The van der Waals surface area contributed by atoms with E-state index in [4.69, 9.17) is 4.74 Å². The van der Waals surface area contributed by atoms with Crippen molar-refractivity contribution in [1.29, 1.82) is 0 Å². The molecule has 3 aromatic rings. The number of aryl methyl sites for hydroxylation is 2. The number of ether oxygens (including phenoxy) is 1. The number of anilines is 1. The van der Waals surface area contributed by atoms with Crippen LogP contribution in [0.4, 0.5) is 5.82 Å². The second-order valence-electron chi connectivity index (χ2n) is 6.17. The molecule has 3 heterocycles. The van der Waals surface area contributed by atoms with Crippen molar-refractivity contribution >= 4 is 16.9 Å². The van der Waals surface area contributed by atoms with Crippen LogP contribution in [-0.4, -0.2) is 39.0 Å². The van der Waals surface area contributed by atoms with Crippen molar-refractivity contribution in [3.63, 3.8) is 0 Å². The molecule has 6 heteroatoms. The molecule has 1 fully saturated rings. The lowest BCUT2D eigenvalue weighted by Gasteiger charge is -2.12. The van der Waals surface area contributed by atoms with Gasteiger partial charge in [-0.05, 0) is 38.8 Å². The van der Waals surface area contributed by atoms with E-state index in [1.807, 2.05) is 48.9 Å². The van der Waals surface area contributed by atoms with Crippen molar-refractivity contribution in [1.82, 2.24) is 19.7 Å². The van der Waals surface area contributed by atoms with Gasteiger partial charge in [-0.2, -0.15) is 5.10 Å². The molecule has 0 saturated carbocycles. The average Bonchev–Trinajstić information content (AvgIpc) is 3.22. The number of hydrogen-bond acceptors (Lipinski definition) is 5. The lowest BCUT2D eigenvalue weighted by atomic mass is 10.2. The molecule has 124 valence electrons. The van der Waals surface area contributed by atoms with Gasteiger partial charge < -0.3 is 10.1 Å². The van der Waals surface area contributed by atoms with Gasteiger partial charge in [0, 0.05) is 13.2 Å². The summed E-state index contributed by atoms with van der Waals surface area (Å²) in [7, 11) is 0. The first-order valence-electron chi connectivity index (χ1n) is 8.37. The second-order valence-corrected chi connectivity index (χ2v) is 6.17. The molecule has 2 aromatic heterocycles. The van der Waals surface area contributed by atoms with Gasteiger partial charge in [0.2, 0.25) is 0 Å². The summed E-state index contributed by atoms with van der Waals surface area (Å²) in [5, 5.41) is 9.11. The highest BCUT2D eigenvalue weighted by Gasteiger charge is 2.19. The fourth-order valence-electron chi connectivity index (χ4n) is 3.18. The number of nitrogens with one attached hydrogen (secondary N) is 1. The monoisotopic (exact) mass is 323 g/mol. The molecule has 1 N–H and O–H groups in total. The third-order valence-corrected chi connectivity index (χ3v) is 4.34. The van der Waals surface area contributed by atoms with Crippen LogP contribution >= 0.6 is 0 Å². The van der Waals surface area contributed by atoms with Crippen LogP contribution in [0.15, 0.2) is 30.3 Å². The fourth-order valence-corrected chi connectivity index (χ4v) is 3.18. The van der Waals surface area contributed by atoms with Crippen LogP contribution in [0.1, 0.15) is 24.4 Å². The first-order chi connectivity index (χ1) is 11.7. The number of hydrogen-bond donors (Lipinski definition) is 1. The van der Waals surface area contributed by atoms with E-state index in [1.54, 1.807) is 0 Å². The van der Waals surface area contributed by atoms with Crippen molar-refractivity contribution in [2.75, 3.05) is 18.5 Å². The SMILES string of the molecule is Cc1nc(NCC2CCCO2)c2c(C)nn(-c3ccccc3)c2n1. The van der Waals surface area contributed by atoms with Crippen molar-refractivity contribution in [2.45, 2.75) is 32.8 Å². The van der Waals surface area contributed by atoms with Gasteiger partial charge >= 0.3 is 0 Å². The smallest absolute Gasteiger partial charge is 0.168 e. The van der Waals surface area contributed by atoms with E-state index < -0.39 is 0 Å². The van der Waals surface area contributed by atoms with Crippen LogP contribution < -0.4 is 5.32 Å². The van der Waals surface area contributed by atoms with Crippen molar-refractivity contribution in [3.8, 4) is 5.69 Å². The fraction of sp³-hybridized carbons (Fsp3) is 0.389. The minimum Gasteiger partial charge on any atom is -0.376 e. The number of fused-ring (bicyclic) bond motifs is 1. The highest BCUT2D eigenvalue weighted by Crippen LogP contribution is 2.26. The Morgan fingerprint density at radius 2 is 2.04 bits per heavy atom. The number of para-hydroxylation sites is 1. The third-order valence-electron chi connectivity index (χ3n) is 4.34. The number of nitrogens with zero attached hydrogens (tertiary/aromatic N) is 4. The minimum atomic E-state index is 0.264. The highest BCUT2D eigenvalue weighted by atomic mass is 16.5. The van der Waals surface area contributed by atoms with Crippen LogP contribution in [0.2, 0.25) is 0 Å². The quantitative estimate of drug-likeness (QED) is 0.799. The van der Waals surface area contributed by atoms with Gasteiger partial charge in [-0.1, -0.05) is 18.2 Å². The van der Waals surface area contributed by atoms with Crippen LogP contribution in [0.3, 0.4) is 0 Å². The van der Waals surface area contributed by atoms with E-state index >= 15 is 0 Å². The summed E-state index contributed by atoms with van der Waals surface area (Å²) in [5.41, 5.74) is 2.75. The molecule has 1 atom stereocenters. The Labute approximate surface area is 140 Å². The Morgan fingerprint density at radius 3 is 2.79 bits per heavy atom. The van der Waals surface area contributed by atoms with Crippen molar-refractivity contribution < 1.29 is 4.74 Å². The predicted molar refractivity (Wildman–Crippen MR) is 93.6 cm³/mol. The molecule has 0 aliphatic carbocycles. The van der Waals surface area contributed by atoms with Gasteiger partial charge in [-0.3, -0.25) is 0 Å². The van der Waals surface area contributed by atoms with E-state index in [0.29, 0.717) is 0 Å². The Kier molecular flexibility index (Phi) is 3.90. The summed E-state index contributed by atoms with van der Waals surface area (Å²) in [5.74, 6) is 1.57. The van der Waals surface area contributed by atoms with Gasteiger partial charge in [-0.15, -0.1) is 0 Å². The van der Waals surface area contributed by atoms with Crippen LogP contribution in [0.5, 0.6) is 0 Å². The predicted octanol–water partition coefficient (Wildman–Crippen LogP) is 3.02.